The van der Waals surface area contributed by atoms with E-state index in [4.69, 9.17) is 9.47 Å². The number of likely N-dealkylation sites (tertiary alicyclic amines) is 1. The molecule has 0 radical (unpaired) electrons. The summed E-state index contributed by atoms with van der Waals surface area (Å²) in [6.45, 7) is 2.56. The summed E-state index contributed by atoms with van der Waals surface area (Å²) >= 11 is 0. The number of benzene rings is 1. The first-order valence-corrected chi connectivity index (χ1v) is 14.2. The van der Waals surface area contributed by atoms with Crippen molar-refractivity contribution in [2.24, 2.45) is 11.8 Å². The molecule has 0 spiro atoms. The van der Waals surface area contributed by atoms with Crippen molar-refractivity contribution < 1.29 is 23.9 Å². The molecule has 0 aliphatic carbocycles. The van der Waals surface area contributed by atoms with Gasteiger partial charge in [0.1, 0.15) is 0 Å². The molecule has 2 N–H and O–H groups in total. The van der Waals surface area contributed by atoms with E-state index in [1.807, 2.05) is 17.0 Å². The molecule has 3 aliphatic rings. The van der Waals surface area contributed by atoms with Gasteiger partial charge in [-0.05, 0) is 73.6 Å². The number of fused-ring (bicyclic) bond motifs is 6. The Hall–Kier alpha value is -3.49. The first kappa shape index (κ1) is 27.1. The van der Waals surface area contributed by atoms with Gasteiger partial charge in [-0.1, -0.05) is 6.07 Å². The molecule has 4 bridgehead atoms. The van der Waals surface area contributed by atoms with Crippen LogP contribution in [0.15, 0.2) is 30.6 Å². The second-order valence-corrected chi connectivity index (χ2v) is 11.1. The minimum atomic E-state index is 0.0252. The first-order valence-electron chi connectivity index (χ1n) is 14.2. The number of piperidine rings is 2. The van der Waals surface area contributed by atoms with E-state index in [2.05, 4.69) is 21.3 Å². The van der Waals surface area contributed by atoms with Crippen molar-refractivity contribution in [2.75, 3.05) is 40.4 Å². The number of H-pyrrole nitrogens is 1. The molecule has 5 rings (SSSR count). The van der Waals surface area contributed by atoms with Crippen LogP contribution >= 0.6 is 0 Å². The van der Waals surface area contributed by atoms with Crippen LogP contribution in [0.5, 0.6) is 11.5 Å². The van der Waals surface area contributed by atoms with E-state index in [0.29, 0.717) is 62.5 Å². The number of hydrogen-bond acceptors (Lipinski definition) is 5. The maximum Gasteiger partial charge on any atom is 0.255 e. The van der Waals surface area contributed by atoms with E-state index in [1.54, 1.807) is 26.6 Å². The Morgan fingerprint density at radius 3 is 2.64 bits per heavy atom. The number of hydrogen-bond donors (Lipinski definition) is 2. The van der Waals surface area contributed by atoms with Crippen LogP contribution in [0.25, 0.3) is 0 Å². The van der Waals surface area contributed by atoms with Gasteiger partial charge in [0.25, 0.3) is 5.91 Å². The molecule has 2 fully saturated rings. The molecule has 2 aromatic rings. The third-order valence-electron chi connectivity index (χ3n) is 8.51. The van der Waals surface area contributed by atoms with Crippen molar-refractivity contribution in [3.8, 4) is 11.5 Å². The minimum Gasteiger partial charge on any atom is -0.493 e. The molecule has 3 atom stereocenters. The van der Waals surface area contributed by atoms with Gasteiger partial charge in [0.05, 0.1) is 19.8 Å². The lowest BCUT2D eigenvalue weighted by Crippen LogP contribution is -2.60. The molecule has 39 heavy (non-hydrogen) atoms. The number of aromatic nitrogens is 1. The average Bonchev–Trinajstić information content (AvgIpc) is 3.48. The van der Waals surface area contributed by atoms with Crippen molar-refractivity contribution >= 4 is 17.7 Å². The van der Waals surface area contributed by atoms with E-state index in [9.17, 15) is 14.4 Å². The Morgan fingerprint density at radius 2 is 1.87 bits per heavy atom. The highest BCUT2D eigenvalue weighted by Gasteiger charge is 2.43. The number of aromatic amines is 1. The molecule has 3 amide bonds. The van der Waals surface area contributed by atoms with Gasteiger partial charge in [-0.2, -0.15) is 0 Å². The predicted octanol–water partition coefficient (Wildman–Crippen LogP) is 3.19. The van der Waals surface area contributed by atoms with Gasteiger partial charge in [-0.15, -0.1) is 0 Å². The monoisotopic (exact) mass is 536 g/mol. The third kappa shape index (κ3) is 6.07. The molecule has 0 unspecified atom stereocenters. The van der Waals surface area contributed by atoms with E-state index in [-0.39, 0.29) is 35.6 Å². The van der Waals surface area contributed by atoms with Crippen LogP contribution in [0.3, 0.4) is 0 Å². The second kappa shape index (κ2) is 12.1. The summed E-state index contributed by atoms with van der Waals surface area (Å²) in [7, 11) is 3.27. The highest BCUT2D eigenvalue weighted by molar-refractivity contribution is 5.94. The second-order valence-electron chi connectivity index (χ2n) is 11.1. The van der Waals surface area contributed by atoms with Gasteiger partial charge in [-0.3, -0.25) is 14.4 Å². The van der Waals surface area contributed by atoms with Crippen molar-refractivity contribution in [3.63, 3.8) is 0 Å². The van der Waals surface area contributed by atoms with Crippen LogP contribution in [0.2, 0.25) is 0 Å². The SMILES string of the molecule is COc1cc2cc(c1OC)CCCNC(=O)CCC[C@H]1[C@@H]3C[C@@H](CN(C(=O)c4cc[nH]c4)C3)CN1C(=O)CC2. The van der Waals surface area contributed by atoms with Gasteiger partial charge in [-0.25, -0.2) is 0 Å². The van der Waals surface area contributed by atoms with Crippen molar-refractivity contribution in [3.05, 3.63) is 47.3 Å². The molecular formula is C30H40N4O5. The van der Waals surface area contributed by atoms with E-state index < -0.39 is 0 Å². The van der Waals surface area contributed by atoms with Crippen LogP contribution in [0.1, 0.15) is 60.0 Å². The Bertz CT molecular complexity index is 1180. The van der Waals surface area contributed by atoms with Gasteiger partial charge in [0.15, 0.2) is 11.5 Å². The zero-order valence-electron chi connectivity index (χ0n) is 23.0. The topological polar surface area (TPSA) is 104 Å². The van der Waals surface area contributed by atoms with Crippen molar-refractivity contribution in [2.45, 2.75) is 57.4 Å². The lowest BCUT2D eigenvalue weighted by atomic mass is 9.77. The number of carbonyl (C=O) groups excluding carboxylic acids is 3. The highest BCUT2D eigenvalue weighted by atomic mass is 16.5. The van der Waals surface area contributed by atoms with Crippen LogP contribution in [-0.4, -0.2) is 78.9 Å². The molecule has 0 saturated carbocycles. The van der Waals surface area contributed by atoms with Crippen molar-refractivity contribution in [1.29, 1.82) is 0 Å². The molecule has 3 aliphatic heterocycles. The lowest BCUT2D eigenvalue weighted by Gasteiger charge is -2.51. The molecular weight excluding hydrogens is 496 g/mol. The standard InChI is InChI=1S/C30H40N4O5/c1-38-26-15-20-8-9-28(36)34-18-21-14-24(19-33(17-21)30(37)23-10-12-31-16-23)25(34)6-3-7-27(35)32-11-4-5-22(13-20)29(26)39-2/h10,12-13,15-16,21,24-25,31H,3-9,11,14,17-19H2,1-2H3,(H,32,35)/t21-,24+,25-/m0/s1. The summed E-state index contributed by atoms with van der Waals surface area (Å²) in [5, 5.41) is 3.05. The number of nitrogens with zero attached hydrogens (tertiary/aromatic N) is 2. The van der Waals surface area contributed by atoms with E-state index in [0.717, 1.165) is 43.2 Å². The Balaban J connectivity index is 1.37. The Kier molecular flexibility index (Phi) is 8.43. The quantitative estimate of drug-likeness (QED) is 0.627. The fourth-order valence-corrected chi connectivity index (χ4v) is 6.71. The molecule has 4 heterocycles. The van der Waals surface area contributed by atoms with E-state index in [1.165, 1.54) is 0 Å². The van der Waals surface area contributed by atoms with E-state index >= 15 is 0 Å². The summed E-state index contributed by atoms with van der Waals surface area (Å²) in [6.07, 6.45) is 9.02. The Labute approximate surface area is 230 Å². The maximum absolute atomic E-state index is 13.7. The number of amides is 3. The van der Waals surface area contributed by atoms with Gasteiger partial charge in [0.2, 0.25) is 11.8 Å². The molecule has 1 aromatic heterocycles. The molecule has 210 valence electrons. The normalized spacial score (nSPS) is 24.5. The molecule has 9 nitrogen and oxygen atoms in total. The predicted molar refractivity (Wildman–Crippen MR) is 147 cm³/mol. The number of rotatable bonds is 3. The van der Waals surface area contributed by atoms with Crippen LogP contribution in [0.4, 0.5) is 0 Å². The maximum atomic E-state index is 13.7. The number of aryl methyl sites for hydroxylation is 2. The number of carbonyl (C=O) groups is 3. The van der Waals surface area contributed by atoms with Crippen LogP contribution < -0.4 is 14.8 Å². The minimum absolute atomic E-state index is 0.0252. The smallest absolute Gasteiger partial charge is 0.255 e. The molecule has 9 heteroatoms. The summed E-state index contributed by atoms with van der Waals surface area (Å²) in [5.74, 6) is 2.07. The van der Waals surface area contributed by atoms with Crippen molar-refractivity contribution in [1.82, 2.24) is 20.1 Å². The average molecular weight is 537 g/mol. The number of ether oxygens (including phenoxy) is 2. The van der Waals surface area contributed by atoms with Gasteiger partial charge >= 0.3 is 0 Å². The summed E-state index contributed by atoms with van der Waals surface area (Å²) in [5.41, 5.74) is 2.74. The Morgan fingerprint density at radius 1 is 1.00 bits per heavy atom. The van der Waals surface area contributed by atoms with Gasteiger partial charge < -0.3 is 29.6 Å². The summed E-state index contributed by atoms with van der Waals surface area (Å²) < 4.78 is 11.3. The summed E-state index contributed by atoms with van der Waals surface area (Å²) in [6, 6.07) is 5.91. The lowest BCUT2D eigenvalue weighted by molar-refractivity contribution is -0.140. The fourth-order valence-electron chi connectivity index (χ4n) is 6.71. The van der Waals surface area contributed by atoms with Gasteiger partial charge in [0, 0.05) is 57.5 Å². The first-order chi connectivity index (χ1) is 19.0. The summed E-state index contributed by atoms with van der Waals surface area (Å²) in [4.78, 5) is 46.5. The molecule has 2 saturated heterocycles. The highest BCUT2D eigenvalue weighted by Crippen LogP contribution is 2.37. The largest absolute Gasteiger partial charge is 0.493 e. The zero-order valence-corrected chi connectivity index (χ0v) is 23.0. The number of nitrogens with one attached hydrogen (secondary N) is 2. The van der Waals surface area contributed by atoms with Crippen LogP contribution in [0, 0.1) is 11.8 Å². The number of methoxy groups -OCH3 is 2. The molecule has 1 aromatic carbocycles. The fraction of sp³-hybridized carbons (Fsp3) is 0.567. The third-order valence-corrected chi connectivity index (χ3v) is 8.51. The van der Waals surface area contributed by atoms with Crippen LogP contribution in [-0.2, 0) is 22.4 Å². The zero-order chi connectivity index (χ0) is 27.4.